The Labute approximate surface area is 206 Å². The number of fused-ring (bicyclic) bond motifs is 1. The van der Waals surface area contributed by atoms with Crippen LogP contribution >= 0.6 is 0 Å². The van der Waals surface area contributed by atoms with Gasteiger partial charge in [0.05, 0.1) is 17.6 Å². The first-order valence-electron chi connectivity index (χ1n) is 9.17. The molecular weight excluding hydrogens is 442 g/mol. The molecular formula is C22H18FN4NaO3S. The van der Waals surface area contributed by atoms with Crippen molar-refractivity contribution in [2.75, 3.05) is 5.73 Å². The van der Waals surface area contributed by atoms with E-state index in [4.69, 9.17) is 5.73 Å². The fraction of sp³-hybridized carbons (Fsp3) is 0.0455. The number of rotatable bonds is 4. The van der Waals surface area contributed by atoms with Crippen LogP contribution in [0, 0.1) is 12.7 Å². The molecule has 0 amide bonds. The molecule has 158 valence electrons. The van der Waals surface area contributed by atoms with Crippen molar-refractivity contribution in [3.8, 4) is 11.3 Å². The van der Waals surface area contributed by atoms with Crippen LogP contribution in [0.3, 0.4) is 0 Å². The monoisotopic (exact) mass is 460 g/mol. The van der Waals surface area contributed by atoms with Gasteiger partial charge in [-0.15, -0.1) is 10.2 Å². The van der Waals surface area contributed by atoms with Crippen LogP contribution in [0.5, 0.6) is 0 Å². The summed E-state index contributed by atoms with van der Waals surface area (Å²) in [5, 5.41) is 8.85. The van der Waals surface area contributed by atoms with Gasteiger partial charge < -0.3 is 5.73 Å². The molecule has 1 heterocycles. The molecule has 0 aliphatic heterocycles. The summed E-state index contributed by atoms with van der Waals surface area (Å²) >= 11 is 0. The van der Waals surface area contributed by atoms with Crippen LogP contribution in [0.2, 0.25) is 0 Å². The number of azo groups is 1. The van der Waals surface area contributed by atoms with Gasteiger partial charge in [0.25, 0.3) is 10.1 Å². The third-order valence-corrected chi connectivity index (χ3v) is 5.69. The van der Waals surface area contributed by atoms with Gasteiger partial charge in [0.2, 0.25) is 0 Å². The van der Waals surface area contributed by atoms with Gasteiger partial charge in [-0.25, -0.2) is 4.39 Å². The molecule has 3 aromatic carbocycles. The summed E-state index contributed by atoms with van der Waals surface area (Å²) in [6, 6.07) is 15.5. The number of aromatic nitrogens is 1. The van der Waals surface area contributed by atoms with Crippen LogP contribution in [0.25, 0.3) is 22.0 Å². The SMILES string of the molecule is Cc1ccc(F)cc1-c1ccc(N=Nc2cc(S(=O)(=O)O)c3ccccc3c2N)cn1.[NaH]. The molecule has 4 aromatic rings. The maximum atomic E-state index is 13.6. The van der Waals surface area contributed by atoms with Gasteiger partial charge in [-0.05, 0) is 42.8 Å². The molecule has 3 N–H and O–H groups in total. The molecule has 0 atom stereocenters. The number of aryl methyl sites for hydroxylation is 1. The molecule has 7 nitrogen and oxygen atoms in total. The van der Waals surface area contributed by atoms with Crippen molar-refractivity contribution in [3.63, 3.8) is 0 Å². The second-order valence-electron chi connectivity index (χ2n) is 6.89. The Balaban J connectivity index is 0.00000289. The van der Waals surface area contributed by atoms with E-state index in [0.717, 1.165) is 5.56 Å². The Morgan fingerprint density at radius 1 is 1.00 bits per heavy atom. The third kappa shape index (κ3) is 4.87. The zero-order chi connectivity index (χ0) is 22.2. The van der Waals surface area contributed by atoms with Crippen LogP contribution in [0.4, 0.5) is 21.5 Å². The summed E-state index contributed by atoms with van der Waals surface area (Å²) in [5.74, 6) is -0.354. The molecule has 1 aromatic heterocycles. The van der Waals surface area contributed by atoms with Crippen molar-refractivity contribution in [1.29, 1.82) is 0 Å². The van der Waals surface area contributed by atoms with E-state index in [0.29, 0.717) is 22.3 Å². The Bertz CT molecular complexity index is 1440. The summed E-state index contributed by atoms with van der Waals surface area (Å²) < 4.78 is 46.8. The number of pyridine rings is 1. The van der Waals surface area contributed by atoms with E-state index < -0.39 is 10.1 Å². The number of nitrogen functional groups attached to an aromatic ring is 1. The van der Waals surface area contributed by atoms with E-state index in [1.54, 1.807) is 42.5 Å². The van der Waals surface area contributed by atoms with Crippen LogP contribution < -0.4 is 5.73 Å². The molecule has 0 saturated heterocycles. The number of hydrogen-bond donors (Lipinski definition) is 2. The zero-order valence-electron chi connectivity index (χ0n) is 16.3. The van der Waals surface area contributed by atoms with E-state index in [1.807, 2.05) is 6.92 Å². The number of benzene rings is 3. The van der Waals surface area contributed by atoms with Gasteiger partial charge in [-0.3, -0.25) is 9.54 Å². The minimum absolute atomic E-state index is 0. The normalized spacial score (nSPS) is 11.6. The molecule has 0 aliphatic carbocycles. The number of hydrogen-bond acceptors (Lipinski definition) is 6. The molecule has 32 heavy (non-hydrogen) atoms. The fourth-order valence-electron chi connectivity index (χ4n) is 3.23. The fourth-order valence-corrected chi connectivity index (χ4v) is 3.95. The first kappa shape index (κ1) is 24.0. The van der Waals surface area contributed by atoms with Crippen LogP contribution in [0.1, 0.15) is 5.56 Å². The number of halogens is 1. The zero-order valence-corrected chi connectivity index (χ0v) is 17.1. The van der Waals surface area contributed by atoms with Crippen molar-refractivity contribution in [2.45, 2.75) is 11.8 Å². The summed E-state index contributed by atoms with van der Waals surface area (Å²) in [4.78, 5) is 4.00. The summed E-state index contributed by atoms with van der Waals surface area (Å²) in [5.41, 5.74) is 8.98. The average molecular weight is 460 g/mol. The van der Waals surface area contributed by atoms with E-state index >= 15 is 0 Å². The second-order valence-corrected chi connectivity index (χ2v) is 8.28. The molecule has 0 spiro atoms. The molecule has 0 fully saturated rings. The van der Waals surface area contributed by atoms with Crippen LogP contribution in [-0.2, 0) is 10.1 Å². The van der Waals surface area contributed by atoms with Gasteiger partial charge in [0.15, 0.2) is 0 Å². The van der Waals surface area contributed by atoms with Crippen molar-refractivity contribution < 1.29 is 17.4 Å². The summed E-state index contributed by atoms with van der Waals surface area (Å²) in [7, 11) is -4.50. The Morgan fingerprint density at radius 2 is 1.72 bits per heavy atom. The molecule has 0 aliphatic rings. The number of nitrogens with two attached hydrogens (primary N) is 1. The number of anilines is 1. The predicted octanol–water partition coefficient (Wildman–Crippen LogP) is 4.95. The van der Waals surface area contributed by atoms with E-state index in [2.05, 4.69) is 15.2 Å². The van der Waals surface area contributed by atoms with E-state index in [9.17, 15) is 17.4 Å². The Morgan fingerprint density at radius 3 is 2.38 bits per heavy atom. The predicted molar refractivity (Wildman–Crippen MR) is 124 cm³/mol. The summed E-state index contributed by atoms with van der Waals surface area (Å²) in [6.07, 6.45) is 1.46. The molecule has 0 bridgehead atoms. The first-order valence-corrected chi connectivity index (χ1v) is 10.6. The molecule has 0 unspecified atom stereocenters. The Kier molecular flexibility index (Phi) is 7.06. The van der Waals surface area contributed by atoms with Crippen LogP contribution in [-0.4, -0.2) is 47.5 Å². The van der Waals surface area contributed by atoms with Crippen molar-refractivity contribution in [3.05, 3.63) is 78.2 Å². The molecule has 0 saturated carbocycles. The van der Waals surface area contributed by atoms with Gasteiger partial charge in [0, 0.05) is 16.3 Å². The summed E-state index contributed by atoms with van der Waals surface area (Å²) in [6.45, 7) is 1.86. The molecule has 4 rings (SSSR count). The standard InChI is InChI=1S/C22H17FN4O3S.Na.H/c1-13-6-7-14(23)10-18(13)19-9-8-15(12-25-19)26-27-20-11-21(31(28,29)30)16-4-2-3-5-17(16)22(20)24;;/h2-12H,24H2,1H3,(H,28,29,30);;. The van der Waals surface area contributed by atoms with Gasteiger partial charge in [-0.2, -0.15) is 8.42 Å². The van der Waals surface area contributed by atoms with Crippen molar-refractivity contribution >= 4 is 67.5 Å². The minimum atomic E-state index is -4.50. The van der Waals surface area contributed by atoms with E-state index in [1.165, 1.54) is 24.4 Å². The third-order valence-electron chi connectivity index (χ3n) is 4.80. The first-order chi connectivity index (χ1) is 14.7. The number of nitrogens with zero attached hydrogens (tertiary/aromatic N) is 3. The second kappa shape index (κ2) is 9.43. The van der Waals surface area contributed by atoms with Crippen molar-refractivity contribution in [2.24, 2.45) is 10.2 Å². The maximum absolute atomic E-state index is 13.6. The van der Waals surface area contributed by atoms with Gasteiger partial charge in [0.1, 0.15) is 22.1 Å². The average Bonchev–Trinajstić information content (AvgIpc) is 2.75. The van der Waals surface area contributed by atoms with Gasteiger partial charge in [-0.1, -0.05) is 30.3 Å². The topological polar surface area (TPSA) is 118 Å². The van der Waals surface area contributed by atoms with Crippen LogP contribution in [0.15, 0.2) is 82.0 Å². The molecule has 0 radical (unpaired) electrons. The van der Waals surface area contributed by atoms with Gasteiger partial charge >= 0.3 is 29.6 Å². The Hall–Kier alpha value is -2.69. The van der Waals surface area contributed by atoms with E-state index in [-0.39, 0.29) is 57.0 Å². The molecule has 10 heteroatoms. The van der Waals surface area contributed by atoms with Crippen molar-refractivity contribution in [1.82, 2.24) is 4.98 Å². The quantitative estimate of drug-likeness (QED) is 0.193.